The molecular formula is C34H45F3N2O. The standard InChI is InChI=1S/C34H45F3N2O/c1-7-10-11-32(38-22-20-26(6)27-16-18-30(19-17-27)34(35,36)37)31(9-3)28-12-14-29(15-13-28)33(40)39(23-8-2)24-21-25(4)5/h11-20,22,25,31H,7-10,21,23-24H2,1-6H3/b26-20+,32-11-,38-22-. The molecule has 2 rings (SSSR count). The van der Waals surface area contributed by atoms with Crippen molar-refractivity contribution in [2.45, 2.75) is 85.7 Å². The molecule has 1 amide bonds. The van der Waals surface area contributed by atoms with Gasteiger partial charge in [-0.25, -0.2) is 0 Å². The van der Waals surface area contributed by atoms with Crippen molar-refractivity contribution in [2.24, 2.45) is 10.9 Å². The van der Waals surface area contributed by atoms with Crippen LogP contribution in [0.2, 0.25) is 0 Å². The lowest BCUT2D eigenvalue weighted by Gasteiger charge is -2.23. The minimum atomic E-state index is -4.35. The van der Waals surface area contributed by atoms with Gasteiger partial charge in [-0.15, -0.1) is 0 Å². The number of allylic oxidation sites excluding steroid dienone is 4. The molecule has 0 heterocycles. The van der Waals surface area contributed by atoms with Crippen LogP contribution in [0.1, 0.15) is 107 Å². The zero-order valence-corrected chi connectivity index (χ0v) is 24.9. The number of aliphatic imine (C=N–C) groups is 1. The predicted octanol–water partition coefficient (Wildman–Crippen LogP) is 9.96. The fourth-order valence-corrected chi connectivity index (χ4v) is 4.49. The Bertz CT molecular complexity index is 1140. The first-order valence-electron chi connectivity index (χ1n) is 14.5. The van der Waals surface area contributed by atoms with E-state index in [1.807, 2.05) is 42.2 Å². The molecule has 2 aromatic carbocycles. The molecule has 0 saturated carbocycles. The molecule has 0 saturated heterocycles. The first kappa shape index (κ1) is 33.1. The molecule has 0 aliphatic heterocycles. The van der Waals surface area contributed by atoms with Crippen molar-refractivity contribution in [3.63, 3.8) is 0 Å². The number of benzene rings is 2. The number of amides is 1. The Labute approximate surface area is 238 Å². The number of alkyl halides is 3. The average Bonchev–Trinajstić information content (AvgIpc) is 2.93. The van der Waals surface area contributed by atoms with Crippen molar-refractivity contribution in [3.8, 4) is 0 Å². The van der Waals surface area contributed by atoms with E-state index in [9.17, 15) is 18.0 Å². The van der Waals surface area contributed by atoms with Crippen molar-refractivity contribution in [3.05, 3.63) is 88.6 Å². The van der Waals surface area contributed by atoms with Gasteiger partial charge >= 0.3 is 6.18 Å². The molecule has 218 valence electrons. The Balaban J connectivity index is 2.24. The summed E-state index contributed by atoms with van der Waals surface area (Å²) in [6.45, 7) is 14.1. The molecule has 0 fully saturated rings. The first-order valence-corrected chi connectivity index (χ1v) is 14.5. The highest BCUT2D eigenvalue weighted by Gasteiger charge is 2.30. The van der Waals surface area contributed by atoms with Crippen LogP contribution in [0.3, 0.4) is 0 Å². The normalized spacial score (nSPS) is 13.8. The van der Waals surface area contributed by atoms with E-state index in [4.69, 9.17) is 4.99 Å². The molecule has 0 aliphatic rings. The van der Waals surface area contributed by atoms with Gasteiger partial charge in [0.05, 0.1) is 5.56 Å². The van der Waals surface area contributed by atoms with Crippen molar-refractivity contribution < 1.29 is 18.0 Å². The predicted molar refractivity (Wildman–Crippen MR) is 162 cm³/mol. The smallest absolute Gasteiger partial charge is 0.339 e. The second-order valence-corrected chi connectivity index (χ2v) is 10.7. The number of unbranched alkanes of at least 4 members (excludes halogenated alkanes) is 1. The highest BCUT2D eigenvalue weighted by atomic mass is 19.4. The lowest BCUT2D eigenvalue weighted by molar-refractivity contribution is -0.137. The van der Waals surface area contributed by atoms with Gasteiger partial charge in [-0.3, -0.25) is 9.79 Å². The Hall–Kier alpha value is -3.15. The monoisotopic (exact) mass is 554 g/mol. The highest BCUT2D eigenvalue weighted by Crippen LogP contribution is 2.31. The molecule has 3 nitrogen and oxygen atoms in total. The lowest BCUT2D eigenvalue weighted by atomic mass is 9.91. The van der Waals surface area contributed by atoms with Gasteiger partial charge in [-0.2, -0.15) is 13.2 Å². The van der Waals surface area contributed by atoms with Crippen LogP contribution < -0.4 is 0 Å². The van der Waals surface area contributed by atoms with E-state index in [0.29, 0.717) is 11.5 Å². The van der Waals surface area contributed by atoms with E-state index in [0.717, 1.165) is 79.7 Å². The van der Waals surface area contributed by atoms with Crippen LogP contribution in [0.25, 0.3) is 5.57 Å². The summed E-state index contributed by atoms with van der Waals surface area (Å²) in [4.78, 5) is 19.9. The van der Waals surface area contributed by atoms with Gasteiger partial charge in [0.15, 0.2) is 0 Å². The second kappa shape index (κ2) is 16.2. The number of carbonyl (C=O) groups excluding carboxylic acids is 1. The molecule has 40 heavy (non-hydrogen) atoms. The summed E-state index contributed by atoms with van der Waals surface area (Å²) < 4.78 is 38.7. The van der Waals surface area contributed by atoms with E-state index in [-0.39, 0.29) is 11.8 Å². The number of carbonyl (C=O) groups is 1. The zero-order chi connectivity index (χ0) is 29.7. The third-order valence-corrected chi connectivity index (χ3v) is 6.94. The van der Waals surface area contributed by atoms with Gasteiger partial charge in [-0.1, -0.05) is 71.4 Å². The molecule has 0 radical (unpaired) electrons. The van der Waals surface area contributed by atoms with Crippen molar-refractivity contribution in [2.75, 3.05) is 13.1 Å². The summed E-state index contributed by atoms with van der Waals surface area (Å²) in [6.07, 6.45) is 6.01. The number of hydrogen-bond acceptors (Lipinski definition) is 2. The van der Waals surface area contributed by atoms with Crippen LogP contribution in [0.5, 0.6) is 0 Å². The molecule has 0 N–H and O–H groups in total. The SMILES string of the molecule is CCC\C=C(/N=C\C=C(/C)c1ccc(C(F)(F)F)cc1)C(CC)c1ccc(C(=O)N(CCC)CCC(C)C)cc1. The summed E-state index contributed by atoms with van der Waals surface area (Å²) in [7, 11) is 0. The largest absolute Gasteiger partial charge is 0.416 e. The first-order chi connectivity index (χ1) is 19.0. The van der Waals surface area contributed by atoms with Crippen LogP contribution in [0.15, 0.2) is 71.4 Å². The molecule has 6 heteroatoms. The quantitative estimate of drug-likeness (QED) is 0.214. The van der Waals surface area contributed by atoms with Gasteiger partial charge in [0.2, 0.25) is 0 Å². The van der Waals surface area contributed by atoms with E-state index in [2.05, 4.69) is 40.7 Å². The Morgan fingerprint density at radius 3 is 2.08 bits per heavy atom. The van der Waals surface area contributed by atoms with Gasteiger partial charge in [0.25, 0.3) is 5.91 Å². The molecule has 1 atom stereocenters. The molecule has 0 aromatic heterocycles. The van der Waals surface area contributed by atoms with Crippen molar-refractivity contribution in [1.29, 1.82) is 0 Å². The Kier molecular flexibility index (Phi) is 13.4. The van der Waals surface area contributed by atoms with Crippen molar-refractivity contribution >= 4 is 17.7 Å². The third-order valence-electron chi connectivity index (χ3n) is 6.94. The van der Waals surface area contributed by atoms with Gasteiger partial charge < -0.3 is 4.90 Å². The Morgan fingerprint density at radius 2 is 1.55 bits per heavy atom. The topological polar surface area (TPSA) is 32.7 Å². The summed E-state index contributed by atoms with van der Waals surface area (Å²) in [5.74, 6) is 0.687. The van der Waals surface area contributed by atoms with Crippen LogP contribution in [0, 0.1) is 5.92 Å². The highest BCUT2D eigenvalue weighted by molar-refractivity contribution is 5.94. The van der Waals surface area contributed by atoms with Gasteiger partial charge in [0.1, 0.15) is 0 Å². The van der Waals surface area contributed by atoms with E-state index in [1.165, 1.54) is 12.1 Å². The summed E-state index contributed by atoms with van der Waals surface area (Å²) >= 11 is 0. The van der Waals surface area contributed by atoms with Crippen LogP contribution >= 0.6 is 0 Å². The Morgan fingerprint density at radius 1 is 0.925 bits per heavy atom. The van der Waals surface area contributed by atoms with Gasteiger partial charge in [-0.05, 0) is 85.6 Å². The van der Waals surface area contributed by atoms with Crippen molar-refractivity contribution in [1.82, 2.24) is 4.90 Å². The maximum Gasteiger partial charge on any atom is 0.416 e. The molecule has 2 aromatic rings. The second-order valence-electron chi connectivity index (χ2n) is 10.7. The van der Waals surface area contributed by atoms with E-state index < -0.39 is 11.7 Å². The van der Waals surface area contributed by atoms with E-state index >= 15 is 0 Å². The summed E-state index contributed by atoms with van der Waals surface area (Å²) in [5.41, 5.74) is 3.65. The van der Waals surface area contributed by atoms with Crippen LogP contribution in [0.4, 0.5) is 13.2 Å². The minimum Gasteiger partial charge on any atom is -0.339 e. The number of halogens is 3. The minimum absolute atomic E-state index is 0.0689. The molecule has 0 aliphatic carbocycles. The molecular weight excluding hydrogens is 509 g/mol. The third kappa shape index (κ3) is 10.1. The summed E-state index contributed by atoms with van der Waals surface area (Å²) in [5, 5.41) is 0. The van der Waals surface area contributed by atoms with E-state index in [1.54, 1.807) is 6.21 Å². The molecule has 0 bridgehead atoms. The molecule has 1 unspecified atom stereocenters. The maximum atomic E-state index is 13.2. The van der Waals surface area contributed by atoms with Crippen LogP contribution in [-0.2, 0) is 6.18 Å². The zero-order valence-electron chi connectivity index (χ0n) is 24.9. The van der Waals surface area contributed by atoms with Gasteiger partial charge in [0, 0.05) is 36.5 Å². The fraction of sp³-hybridized carbons (Fsp3) is 0.471. The fourth-order valence-electron chi connectivity index (χ4n) is 4.49. The average molecular weight is 555 g/mol. The molecule has 0 spiro atoms. The lowest BCUT2D eigenvalue weighted by Crippen LogP contribution is -2.33. The number of hydrogen-bond donors (Lipinski definition) is 0. The number of nitrogens with zero attached hydrogens (tertiary/aromatic N) is 2. The number of rotatable bonds is 14. The van der Waals surface area contributed by atoms with Crippen LogP contribution in [-0.4, -0.2) is 30.1 Å². The maximum absolute atomic E-state index is 13.2. The summed E-state index contributed by atoms with van der Waals surface area (Å²) in [6, 6.07) is 13.1.